The van der Waals surface area contributed by atoms with Crippen LogP contribution in [0.5, 0.6) is 5.75 Å². The molecule has 0 saturated heterocycles. The van der Waals surface area contributed by atoms with Crippen molar-refractivity contribution in [2.24, 2.45) is 0 Å². The normalized spacial score (nSPS) is 11.0. The molecule has 0 fully saturated rings. The molecule has 0 aromatic heterocycles. The van der Waals surface area contributed by atoms with Gasteiger partial charge in [-0.05, 0) is 57.2 Å². The van der Waals surface area contributed by atoms with Crippen molar-refractivity contribution in [1.29, 1.82) is 0 Å². The number of hydrogen-bond acceptors (Lipinski definition) is 4. The summed E-state index contributed by atoms with van der Waals surface area (Å²) in [6.45, 7) is 4.86. The molecule has 0 unspecified atom stereocenters. The summed E-state index contributed by atoms with van der Waals surface area (Å²) in [6, 6.07) is 7.20. The molecule has 0 aliphatic rings. The van der Waals surface area contributed by atoms with E-state index in [2.05, 4.69) is 5.32 Å². The first-order chi connectivity index (χ1) is 12.1. The zero-order valence-electron chi connectivity index (χ0n) is 14.2. The van der Waals surface area contributed by atoms with Gasteiger partial charge < -0.3 is 14.8 Å². The van der Waals surface area contributed by atoms with Gasteiger partial charge in [-0.25, -0.2) is 13.6 Å². The first-order valence-corrected chi connectivity index (χ1v) is 7.90. The summed E-state index contributed by atoms with van der Waals surface area (Å²) in [5.74, 6) is -3.00. The number of ether oxygens (including phenoxy) is 2. The molecule has 1 amide bonds. The fraction of sp³-hybridized carbons (Fsp3) is 0.222. The average molecular weight is 384 g/mol. The largest absolute Gasteiger partial charge is 0.514 e. The van der Waals surface area contributed by atoms with E-state index in [9.17, 15) is 18.4 Å². The van der Waals surface area contributed by atoms with Crippen LogP contribution >= 0.6 is 11.6 Å². The summed E-state index contributed by atoms with van der Waals surface area (Å²) in [5, 5.41) is 2.20. The number of carbonyl (C=O) groups excluding carboxylic acids is 2. The number of rotatable bonds is 3. The van der Waals surface area contributed by atoms with Gasteiger partial charge in [0.15, 0.2) is 11.6 Å². The van der Waals surface area contributed by atoms with Gasteiger partial charge in [0.25, 0.3) is 5.91 Å². The van der Waals surface area contributed by atoms with Gasteiger partial charge >= 0.3 is 6.16 Å². The Morgan fingerprint density at radius 3 is 2.23 bits per heavy atom. The molecule has 0 spiro atoms. The minimum absolute atomic E-state index is 0.182. The Hall–Kier alpha value is -2.67. The maximum absolute atomic E-state index is 14.6. The SMILES string of the molecule is CC(C)(C)OC(=O)Oc1ccc(Cl)c(C(=O)Nc2ccc(F)cc2)c1F. The first kappa shape index (κ1) is 19.7. The van der Waals surface area contributed by atoms with E-state index in [4.69, 9.17) is 21.1 Å². The van der Waals surface area contributed by atoms with E-state index in [1.54, 1.807) is 20.8 Å². The fourth-order valence-electron chi connectivity index (χ4n) is 1.91. The van der Waals surface area contributed by atoms with E-state index in [-0.39, 0.29) is 10.7 Å². The van der Waals surface area contributed by atoms with Gasteiger partial charge in [-0.1, -0.05) is 11.6 Å². The molecule has 2 rings (SSSR count). The smallest absolute Gasteiger partial charge is 0.428 e. The Bertz CT molecular complexity index is 832. The molecular formula is C18H16ClF2NO4. The van der Waals surface area contributed by atoms with E-state index in [0.29, 0.717) is 0 Å². The van der Waals surface area contributed by atoms with Gasteiger partial charge in [-0.15, -0.1) is 0 Å². The molecule has 2 aromatic carbocycles. The van der Waals surface area contributed by atoms with Crippen LogP contribution in [0.1, 0.15) is 31.1 Å². The topological polar surface area (TPSA) is 64.6 Å². The second kappa shape index (κ2) is 7.70. The Labute approximate surface area is 153 Å². The van der Waals surface area contributed by atoms with Gasteiger partial charge in [0.2, 0.25) is 0 Å². The van der Waals surface area contributed by atoms with Crippen molar-refractivity contribution in [3.05, 3.63) is 58.6 Å². The van der Waals surface area contributed by atoms with Crippen molar-refractivity contribution in [2.75, 3.05) is 5.32 Å². The summed E-state index contributed by atoms with van der Waals surface area (Å²) in [7, 11) is 0. The van der Waals surface area contributed by atoms with Gasteiger partial charge in [-0.3, -0.25) is 4.79 Å². The van der Waals surface area contributed by atoms with Crippen LogP contribution < -0.4 is 10.1 Å². The lowest BCUT2D eigenvalue weighted by molar-refractivity contribution is 0.0197. The van der Waals surface area contributed by atoms with Crippen LogP contribution in [0.15, 0.2) is 36.4 Å². The number of benzene rings is 2. The molecule has 0 bridgehead atoms. The highest BCUT2D eigenvalue weighted by Crippen LogP contribution is 2.29. The summed E-state index contributed by atoms with van der Waals surface area (Å²) < 4.78 is 37.3. The monoisotopic (exact) mass is 383 g/mol. The second-order valence-corrected chi connectivity index (χ2v) is 6.67. The summed E-state index contributed by atoms with van der Waals surface area (Å²) in [6.07, 6.45) is -1.12. The number of hydrogen-bond donors (Lipinski definition) is 1. The van der Waals surface area contributed by atoms with Gasteiger partial charge in [0.1, 0.15) is 11.4 Å². The third kappa shape index (κ3) is 5.16. The number of halogens is 3. The maximum atomic E-state index is 14.6. The Morgan fingerprint density at radius 1 is 1.04 bits per heavy atom. The third-order valence-electron chi connectivity index (χ3n) is 2.97. The molecule has 5 nitrogen and oxygen atoms in total. The highest BCUT2D eigenvalue weighted by atomic mass is 35.5. The van der Waals surface area contributed by atoms with Crippen LogP contribution in [0.4, 0.5) is 19.3 Å². The fourth-order valence-corrected chi connectivity index (χ4v) is 2.14. The van der Waals surface area contributed by atoms with Gasteiger partial charge in [0.05, 0.1) is 10.6 Å². The molecule has 1 N–H and O–H groups in total. The van der Waals surface area contributed by atoms with Crippen molar-refractivity contribution < 1.29 is 27.8 Å². The molecule has 0 radical (unpaired) electrons. The Kier molecular flexibility index (Phi) is 5.82. The van der Waals surface area contributed by atoms with Crippen molar-refractivity contribution in [3.8, 4) is 5.75 Å². The summed E-state index contributed by atoms with van der Waals surface area (Å²) in [5.41, 5.74) is -1.11. The van der Waals surface area contributed by atoms with Crippen molar-refractivity contribution in [1.82, 2.24) is 0 Å². The lowest BCUT2D eigenvalue weighted by Gasteiger charge is -2.19. The minimum Gasteiger partial charge on any atom is -0.428 e. The second-order valence-electron chi connectivity index (χ2n) is 6.26. The van der Waals surface area contributed by atoms with Crippen LogP contribution in [0.2, 0.25) is 5.02 Å². The molecular weight excluding hydrogens is 368 g/mol. The molecule has 0 saturated carbocycles. The van der Waals surface area contributed by atoms with Crippen LogP contribution in [-0.2, 0) is 4.74 Å². The quantitative estimate of drug-likeness (QED) is 0.585. The lowest BCUT2D eigenvalue weighted by atomic mass is 10.1. The Morgan fingerprint density at radius 2 is 1.65 bits per heavy atom. The number of anilines is 1. The molecule has 0 aliphatic heterocycles. The molecule has 26 heavy (non-hydrogen) atoms. The first-order valence-electron chi connectivity index (χ1n) is 7.52. The van der Waals surface area contributed by atoms with Crippen molar-refractivity contribution in [3.63, 3.8) is 0 Å². The standard InChI is InChI=1S/C18H16ClF2NO4/c1-18(2,3)26-17(24)25-13-9-8-12(19)14(15(13)21)16(23)22-11-6-4-10(20)5-7-11/h4-9H,1-3H3,(H,22,23). The number of nitrogens with one attached hydrogen (secondary N) is 1. The lowest BCUT2D eigenvalue weighted by Crippen LogP contribution is -2.26. The minimum atomic E-state index is -1.12. The van der Waals surface area contributed by atoms with E-state index < -0.39 is 40.6 Å². The molecule has 138 valence electrons. The molecule has 0 atom stereocenters. The summed E-state index contributed by atoms with van der Waals surface area (Å²) >= 11 is 5.90. The highest BCUT2D eigenvalue weighted by molar-refractivity contribution is 6.34. The van der Waals surface area contributed by atoms with E-state index in [1.807, 2.05) is 0 Å². The number of amides is 1. The van der Waals surface area contributed by atoms with E-state index in [0.717, 1.165) is 18.2 Å². The van der Waals surface area contributed by atoms with E-state index in [1.165, 1.54) is 18.2 Å². The molecule has 0 heterocycles. The zero-order chi connectivity index (χ0) is 19.5. The van der Waals surface area contributed by atoms with E-state index >= 15 is 0 Å². The molecule has 8 heteroatoms. The van der Waals surface area contributed by atoms with Crippen LogP contribution in [0.3, 0.4) is 0 Å². The van der Waals surface area contributed by atoms with Crippen molar-refractivity contribution >= 4 is 29.4 Å². The predicted molar refractivity (Wildman–Crippen MR) is 92.6 cm³/mol. The maximum Gasteiger partial charge on any atom is 0.514 e. The summed E-state index contributed by atoms with van der Waals surface area (Å²) in [4.78, 5) is 24.0. The highest BCUT2D eigenvalue weighted by Gasteiger charge is 2.24. The third-order valence-corrected chi connectivity index (χ3v) is 3.28. The van der Waals surface area contributed by atoms with Gasteiger partial charge in [0, 0.05) is 5.69 Å². The van der Waals surface area contributed by atoms with Crippen LogP contribution in [0, 0.1) is 11.6 Å². The van der Waals surface area contributed by atoms with Gasteiger partial charge in [-0.2, -0.15) is 0 Å². The van der Waals surface area contributed by atoms with Crippen LogP contribution in [-0.4, -0.2) is 17.7 Å². The average Bonchev–Trinajstić information content (AvgIpc) is 2.51. The predicted octanol–water partition coefficient (Wildman–Crippen LogP) is 5.18. The van der Waals surface area contributed by atoms with Crippen molar-refractivity contribution in [2.45, 2.75) is 26.4 Å². The van der Waals surface area contributed by atoms with Crippen LogP contribution in [0.25, 0.3) is 0 Å². The zero-order valence-corrected chi connectivity index (χ0v) is 15.0. The molecule has 0 aliphatic carbocycles. The molecule has 2 aromatic rings. The Balaban J connectivity index is 2.24. The number of carbonyl (C=O) groups is 2.